The number of halogens is 3. The van der Waals surface area contributed by atoms with Crippen molar-refractivity contribution < 1.29 is 27.4 Å². The predicted molar refractivity (Wildman–Crippen MR) is 157 cm³/mol. The zero-order valence-corrected chi connectivity index (χ0v) is 21.0. The maximum atomic E-state index is 13.9. The number of carbonyl (C=O) groups excluding carboxylic acids is 1. The molecule has 0 unspecified atom stereocenters. The number of alkyl halides is 3. The highest BCUT2D eigenvalue weighted by Gasteiger charge is 2.42. The van der Waals surface area contributed by atoms with Gasteiger partial charge in [0, 0.05) is 17.3 Å². The summed E-state index contributed by atoms with van der Waals surface area (Å²) in [6, 6.07) is 3.84. The van der Waals surface area contributed by atoms with Crippen LogP contribution in [0.4, 0.5) is 13.2 Å². The lowest BCUT2D eigenvalue weighted by molar-refractivity contribution is -0.273. The van der Waals surface area contributed by atoms with Gasteiger partial charge in [0.2, 0.25) is 0 Å². The molecule has 176 valence electrons. The molecule has 1 aliphatic rings. The van der Waals surface area contributed by atoms with Gasteiger partial charge in [-0.05, 0) is 34.4 Å². The molecule has 0 saturated carbocycles. The molecule has 0 aliphatic carbocycles. The summed E-state index contributed by atoms with van der Waals surface area (Å²) >= 11 is 0. The van der Waals surface area contributed by atoms with Gasteiger partial charge in [-0.15, -0.1) is 13.2 Å². The Morgan fingerprint density at radius 2 is 1.41 bits per heavy atom. The van der Waals surface area contributed by atoms with Crippen molar-refractivity contribution in [3.63, 3.8) is 0 Å². The summed E-state index contributed by atoms with van der Waals surface area (Å²) in [6.07, 6.45) is -5.14. The summed E-state index contributed by atoms with van der Waals surface area (Å²) in [5, 5.41) is -4.39. The number of hydrogen-bond donors (Lipinski definition) is 0. The predicted octanol–water partition coefficient (Wildman–Crippen LogP) is -6.43. The molecule has 4 rings (SSSR count). The number of ether oxygens (including phenoxy) is 2. The van der Waals surface area contributed by atoms with E-state index in [1.165, 1.54) is 18.2 Å². The molecular formula is C21H5B11F3N3O3. The van der Waals surface area contributed by atoms with E-state index in [9.17, 15) is 18.0 Å². The van der Waals surface area contributed by atoms with Crippen molar-refractivity contribution in [3.05, 3.63) is 29.6 Å². The number of hydrogen-bond acceptors (Lipinski definition) is 5. The molecule has 2 aromatic carbocycles. The molecule has 1 aliphatic heterocycles. The normalized spacial score (nSPS) is 15.1. The fourth-order valence-corrected chi connectivity index (χ4v) is 4.09. The summed E-state index contributed by atoms with van der Waals surface area (Å²) in [4.78, 5) is 22.5. The monoisotopic (exact) mass is 525 g/mol. The van der Waals surface area contributed by atoms with E-state index in [0.717, 1.165) is 4.90 Å². The van der Waals surface area contributed by atoms with Crippen LogP contribution in [0.25, 0.3) is 11.1 Å². The van der Waals surface area contributed by atoms with Crippen LogP contribution in [-0.2, 0) is 5.34 Å². The molecule has 20 heteroatoms. The summed E-state index contributed by atoms with van der Waals surface area (Å²) in [7, 11) is 65.7. The van der Waals surface area contributed by atoms with Crippen LogP contribution in [-0.4, -0.2) is 125 Å². The van der Waals surface area contributed by atoms with Crippen molar-refractivity contribution in [2.24, 2.45) is 0 Å². The van der Waals surface area contributed by atoms with Gasteiger partial charge in [0.05, 0.1) is 5.56 Å². The van der Waals surface area contributed by atoms with E-state index in [2.05, 4.69) is 14.7 Å². The number of rotatable bonds is 4. The quantitative estimate of drug-likeness (QED) is 0.319. The van der Waals surface area contributed by atoms with Gasteiger partial charge in [0.25, 0.3) is 5.91 Å². The van der Waals surface area contributed by atoms with Crippen LogP contribution in [0.15, 0.2) is 18.2 Å². The average Bonchev–Trinajstić information content (AvgIpc) is 2.96. The Labute approximate surface area is 248 Å². The second kappa shape index (κ2) is 10.4. The molecule has 0 fully saturated rings. The van der Waals surface area contributed by atoms with Crippen molar-refractivity contribution in [1.29, 1.82) is 0 Å². The lowest BCUT2D eigenvalue weighted by Gasteiger charge is -2.42. The average molecular weight is 523 g/mol. The van der Waals surface area contributed by atoms with Crippen LogP contribution >= 0.6 is 0 Å². The van der Waals surface area contributed by atoms with Gasteiger partial charge in [-0.25, -0.2) is 9.97 Å². The number of fused-ring (bicyclic) bond motifs is 1. The first-order valence-corrected chi connectivity index (χ1v) is 11.3. The van der Waals surface area contributed by atoms with Gasteiger partial charge in [-0.2, -0.15) is 0 Å². The Kier molecular flexibility index (Phi) is 7.89. The topological polar surface area (TPSA) is 64.6 Å². The number of benzene rings is 2. The van der Waals surface area contributed by atoms with Gasteiger partial charge in [0.1, 0.15) is 104 Å². The van der Waals surface area contributed by atoms with Crippen LogP contribution < -0.4 is 48.0 Å². The van der Waals surface area contributed by atoms with Crippen LogP contribution in [0.1, 0.15) is 16.2 Å². The van der Waals surface area contributed by atoms with Crippen molar-refractivity contribution in [1.82, 2.24) is 14.9 Å². The van der Waals surface area contributed by atoms with E-state index in [0.29, 0.717) is 0 Å². The zero-order chi connectivity index (χ0) is 30.8. The molecule has 0 bridgehead atoms. The molecule has 2 heterocycles. The fourth-order valence-electron chi connectivity index (χ4n) is 4.09. The summed E-state index contributed by atoms with van der Waals surface area (Å²) in [5.74, 6) is -2.43. The van der Waals surface area contributed by atoms with Crippen molar-refractivity contribution in [3.8, 4) is 22.6 Å². The molecule has 41 heavy (non-hydrogen) atoms. The third-order valence-corrected chi connectivity index (χ3v) is 6.08. The summed E-state index contributed by atoms with van der Waals surface area (Å²) < 4.78 is 48.2. The van der Waals surface area contributed by atoms with Crippen molar-refractivity contribution in [2.45, 2.75) is 17.1 Å². The Balaban J connectivity index is 1.88. The minimum absolute atomic E-state index is 0.0750. The maximum absolute atomic E-state index is 13.9. The number of carbonyl (C=O) groups is 1. The molecule has 0 spiro atoms. The van der Waals surface area contributed by atoms with E-state index in [-0.39, 0.29) is 39.1 Å². The minimum atomic E-state index is -5.14. The summed E-state index contributed by atoms with van der Waals surface area (Å²) in [6.45, 7) is -0.607. The van der Waals surface area contributed by atoms with Crippen molar-refractivity contribution >= 4 is 131 Å². The Bertz CT molecular complexity index is 1540. The highest BCUT2D eigenvalue weighted by Crippen LogP contribution is 2.34. The first-order valence-electron chi connectivity index (χ1n) is 11.3. The Hall–Kier alpha value is -2.91. The van der Waals surface area contributed by atoms with Gasteiger partial charge in [-0.3, -0.25) is 4.79 Å². The maximum Gasteiger partial charge on any atom is 0.573 e. The lowest BCUT2D eigenvalue weighted by atomic mass is 9.57. The van der Waals surface area contributed by atoms with Gasteiger partial charge >= 0.3 is 6.36 Å². The molecule has 22 radical (unpaired) electrons. The van der Waals surface area contributed by atoms with E-state index in [4.69, 9.17) is 91.0 Å². The third-order valence-electron chi connectivity index (χ3n) is 6.08. The molecule has 0 N–H and O–H groups in total. The van der Waals surface area contributed by atoms with Crippen LogP contribution in [0.3, 0.4) is 0 Å². The first kappa shape index (κ1) is 31.0. The number of nitrogens with zero attached hydrogens (tertiary/aromatic N) is 3. The molecule has 6 nitrogen and oxygen atoms in total. The first-order chi connectivity index (χ1) is 18.7. The highest BCUT2D eigenvalue weighted by molar-refractivity contribution is 6.61. The minimum Gasteiger partial charge on any atom is -0.504 e. The number of aromatic nitrogens is 2. The van der Waals surface area contributed by atoms with Crippen molar-refractivity contribution in [2.75, 3.05) is 6.54 Å². The van der Waals surface area contributed by atoms with Gasteiger partial charge < -0.3 is 14.4 Å². The highest BCUT2D eigenvalue weighted by atomic mass is 19.4. The Morgan fingerprint density at radius 1 is 0.878 bits per heavy atom. The fraction of sp³-hybridized carbons (Fsp3) is 0.190. The number of amides is 1. The van der Waals surface area contributed by atoms with Gasteiger partial charge in [0.15, 0.2) is 0 Å². The van der Waals surface area contributed by atoms with Gasteiger partial charge in [-0.1, -0.05) is 33.4 Å². The van der Waals surface area contributed by atoms with E-state index >= 15 is 0 Å². The molecular weight excluding hydrogens is 518 g/mol. The van der Waals surface area contributed by atoms with E-state index in [1.54, 1.807) is 0 Å². The molecule has 1 amide bonds. The molecule has 0 saturated heterocycles. The third kappa shape index (κ3) is 5.76. The largest absolute Gasteiger partial charge is 0.573 e. The second-order valence-electron chi connectivity index (χ2n) is 9.12. The molecule has 1 aromatic heterocycles. The van der Waals surface area contributed by atoms with Crippen LogP contribution in [0.5, 0.6) is 11.5 Å². The standard InChI is InChI=1S/C21H5B11F3N3O3/c22-9-8(10(23)12(25)14(11(9)24)41-21(33,34)35)5-1-2-7-6(3-5)17(39)38(4-19(29,30)40-7)20(31,32)18-36-15(27)13(26)16(28)37-18/h1-3H,4H2. The second-order valence-corrected chi connectivity index (χ2v) is 9.12. The van der Waals surface area contributed by atoms with E-state index < -0.39 is 63.0 Å². The SMILES string of the molecule is [B]c1nc(C([B])([B])N2CC([B])([B])Oc3ccc(-c4c([B])c([B])c(OC(F)(F)F)c([B])c4[B])cc3C2=O)nc([B])c1[B]. The zero-order valence-electron chi connectivity index (χ0n) is 21.0. The van der Waals surface area contributed by atoms with E-state index in [1.807, 2.05) is 0 Å². The lowest BCUT2D eigenvalue weighted by Crippen LogP contribution is -2.59. The van der Waals surface area contributed by atoms with Crippen LogP contribution in [0, 0.1) is 0 Å². The Morgan fingerprint density at radius 3 is 1.93 bits per heavy atom. The molecule has 0 atom stereocenters. The van der Waals surface area contributed by atoms with Crippen LogP contribution in [0.2, 0.25) is 0 Å². The summed E-state index contributed by atoms with van der Waals surface area (Å²) in [5.41, 5.74) is -3.08. The molecule has 3 aromatic rings. The smallest absolute Gasteiger partial charge is 0.504 e.